The van der Waals surface area contributed by atoms with Crippen LogP contribution in [0.2, 0.25) is 5.02 Å². The van der Waals surface area contributed by atoms with E-state index in [2.05, 4.69) is 16.4 Å². The van der Waals surface area contributed by atoms with Crippen molar-refractivity contribution in [2.75, 3.05) is 20.3 Å². The van der Waals surface area contributed by atoms with Crippen LogP contribution in [-0.2, 0) is 4.79 Å². The van der Waals surface area contributed by atoms with E-state index >= 15 is 0 Å². The van der Waals surface area contributed by atoms with Crippen LogP contribution in [0.3, 0.4) is 0 Å². The zero-order valence-corrected chi connectivity index (χ0v) is 15.7. The van der Waals surface area contributed by atoms with Crippen LogP contribution in [0, 0.1) is 19.3 Å². The summed E-state index contributed by atoms with van der Waals surface area (Å²) < 4.78 is 16.0. The van der Waals surface area contributed by atoms with E-state index in [-0.39, 0.29) is 19.1 Å². The van der Waals surface area contributed by atoms with Crippen molar-refractivity contribution < 1.29 is 19.0 Å². The molecule has 0 saturated heterocycles. The second kappa shape index (κ2) is 10.1. The molecule has 140 valence electrons. The van der Waals surface area contributed by atoms with Crippen molar-refractivity contribution in [3.63, 3.8) is 0 Å². The summed E-state index contributed by atoms with van der Waals surface area (Å²) in [6.07, 6.45) is 6.61. The number of halogens is 1. The van der Waals surface area contributed by atoms with Crippen LogP contribution < -0.4 is 19.6 Å². The highest BCUT2D eigenvalue weighted by molar-refractivity contribution is 6.32. The van der Waals surface area contributed by atoms with Crippen molar-refractivity contribution in [3.8, 4) is 29.6 Å². The van der Waals surface area contributed by atoms with Gasteiger partial charge in [-0.2, -0.15) is 5.10 Å². The molecule has 1 amide bonds. The van der Waals surface area contributed by atoms with Gasteiger partial charge in [0.25, 0.3) is 5.91 Å². The number of hydrazone groups is 1. The largest absolute Gasteiger partial charge is 0.493 e. The first-order valence-corrected chi connectivity index (χ1v) is 8.36. The summed E-state index contributed by atoms with van der Waals surface area (Å²) in [7, 11) is 1.49. The molecule has 0 unspecified atom stereocenters. The van der Waals surface area contributed by atoms with Gasteiger partial charge in [0.1, 0.15) is 12.4 Å². The van der Waals surface area contributed by atoms with Gasteiger partial charge >= 0.3 is 0 Å². The van der Waals surface area contributed by atoms with E-state index in [1.807, 2.05) is 25.1 Å². The van der Waals surface area contributed by atoms with Gasteiger partial charge in [0.05, 0.1) is 18.3 Å². The van der Waals surface area contributed by atoms with Gasteiger partial charge in [-0.3, -0.25) is 4.79 Å². The summed E-state index contributed by atoms with van der Waals surface area (Å²) in [5.41, 5.74) is 4.05. The SMILES string of the molecule is C#CCOc1c(Cl)cc(/C=N\NC(=O)COc2cccc(C)c2)cc1OC. The number of carbonyl (C=O) groups excluding carboxylic acids is 1. The fourth-order valence-electron chi connectivity index (χ4n) is 2.13. The number of nitrogens with one attached hydrogen (secondary N) is 1. The molecule has 0 aliphatic carbocycles. The molecule has 0 aromatic heterocycles. The Morgan fingerprint density at radius 3 is 2.85 bits per heavy atom. The Bertz CT molecular complexity index is 875. The summed E-state index contributed by atoms with van der Waals surface area (Å²) in [4.78, 5) is 11.8. The summed E-state index contributed by atoms with van der Waals surface area (Å²) in [5.74, 6) is 3.35. The summed E-state index contributed by atoms with van der Waals surface area (Å²) in [6.45, 7) is 1.86. The van der Waals surface area contributed by atoms with Gasteiger partial charge in [-0.25, -0.2) is 5.43 Å². The van der Waals surface area contributed by atoms with Gasteiger partial charge in [-0.1, -0.05) is 29.7 Å². The van der Waals surface area contributed by atoms with Crippen molar-refractivity contribution in [3.05, 3.63) is 52.5 Å². The van der Waals surface area contributed by atoms with E-state index < -0.39 is 0 Å². The highest BCUT2D eigenvalue weighted by atomic mass is 35.5. The normalized spacial score (nSPS) is 10.3. The average Bonchev–Trinajstić information content (AvgIpc) is 2.65. The molecule has 2 aromatic carbocycles. The predicted molar refractivity (Wildman–Crippen MR) is 105 cm³/mol. The number of nitrogens with zero attached hydrogens (tertiary/aromatic N) is 1. The Morgan fingerprint density at radius 2 is 2.15 bits per heavy atom. The minimum Gasteiger partial charge on any atom is -0.493 e. The van der Waals surface area contributed by atoms with Crippen LogP contribution in [0.1, 0.15) is 11.1 Å². The van der Waals surface area contributed by atoms with E-state index in [1.54, 1.807) is 18.2 Å². The first-order chi connectivity index (χ1) is 13.0. The predicted octanol–water partition coefficient (Wildman–Crippen LogP) is 3.20. The van der Waals surface area contributed by atoms with Crippen LogP contribution in [-0.4, -0.2) is 32.4 Å². The van der Waals surface area contributed by atoms with Crippen molar-refractivity contribution in [1.82, 2.24) is 5.43 Å². The molecule has 0 spiro atoms. The van der Waals surface area contributed by atoms with E-state index in [0.29, 0.717) is 27.8 Å². The van der Waals surface area contributed by atoms with Crippen molar-refractivity contribution in [1.29, 1.82) is 0 Å². The number of benzene rings is 2. The lowest BCUT2D eigenvalue weighted by atomic mass is 10.2. The van der Waals surface area contributed by atoms with E-state index in [1.165, 1.54) is 13.3 Å². The summed E-state index contributed by atoms with van der Waals surface area (Å²) >= 11 is 6.18. The molecular formula is C20H19ClN2O4. The topological polar surface area (TPSA) is 69.2 Å². The van der Waals surface area contributed by atoms with Crippen molar-refractivity contribution in [2.45, 2.75) is 6.92 Å². The molecule has 2 aromatic rings. The number of methoxy groups -OCH3 is 1. The second-order valence-corrected chi connectivity index (χ2v) is 5.83. The van der Waals surface area contributed by atoms with Crippen molar-refractivity contribution in [2.24, 2.45) is 5.10 Å². The maximum atomic E-state index is 11.8. The Balaban J connectivity index is 1.94. The molecule has 6 nitrogen and oxygen atoms in total. The summed E-state index contributed by atoms with van der Waals surface area (Å²) in [6, 6.07) is 10.7. The molecule has 0 fully saturated rings. The molecule has 0 aliphatic heterocycles. The van der Waals surface area contributed by atoms with Crippen LogP contribution in [0.4, 0.5) is 0 Å². The quantitative estimate of drug-likeness (QED) is 0.429. The minimum atomic E-state index is -0.389. The maximum absolute atomic E-state index is 11.8. The molecule has 2 rings (SSSR count). The van der Waals surface area contributed by atoms with Crippen LogP contribution >= 0.6 is 11.6 Å². The smallest absolute Gasteiger partial charge is 0.277 e. The fraction of sp³-hybridized carbons (Fsp3) is 0.200. The third kappa shape index (κ3) is 6.24. The Kier molecular flexibility index (Phi) is 7.53. The standard InChI is InChI=1S/C20H19ClN2O4/c1-4-8-26-20-17(21)10-15(11-18(20)25-3)12-22-23-19(24)13-27-16-7-5-6-14(2)9-16/h1,5-7,9-12H,8,13H2,2-3H3,(H,23,24)/b22-12-. The first kappa shape index (κ1) is 20.1. The molecule has 1 N–H and O–H groups in total. The highest BCUT2D eigenvalue weighted by Gasteiger charge is 2.11. The van der Waals surface area contributed by atoms with Crippen LogP contribution in [0.15, 0.2) is 41.5 Å². The van der Waals surface area contributed by atoms with E-state index in [0.717, 1.165) is 5.56 Å². The number of carbonyl (C=O) groups is 1. The molecule has 7 heteroatoms. The molecule has 0 aliphatic rings. The molecule has 0 radical (unpaired) electrons. The average molecular weight is 387 g/mol. The number of rotatable bonds is 8. The number of hydrogen-bond acceptors (Lipinski definition) is 5. The van der Waals surface area contributed by atoms with Crippen molar-refractivity contribution >= 4 is 23.7 Å². The van der Waals surface area contributed by atoms with Gasteiger partial charge in [0.15, 0.2) is 18.1 Å². The Hall–Kier alpha value is -3.17. The number of ether oxygens (including phenoxy) is 3. The molecular weight excluding hydrogens is 368 g/mol. The second-order valence-electron chi connectivity index (χ2n) is 5.43. The maximum Gasteiger partial charge on any atom is 0.277 e. The molecule has 0 atom stereocenters. The van der Waals surface area contributed by atoms with Gasteiger partial charge in [0.2, 0.25) is 0 Å². The Morgan fingerprint density at radius 1 is 1.33 bits per heavy atom. The minimum absolute atomic E-state index is 0.0700. The third-order valence-corrected chi connectivity index (χ3v) is 3.59. The number of amides is 1. The van der Waals surface area contributed by atoms with Crippen LogP contribution in [0.5, 0.6) is 17.2 Å². The lowest BCUT2D eigenvalue weighted by molar-refractivity contribution is -0.123. The summed E-state index contributed by atoms with van der Waals surface area (Å²) in [5, 5.41) is 4.21. The van der Waals surface area contributed by atoms with Gasteiger partial charge in [-0.15, -0.1) is 6.42 Å². The highest BCUT2D eigenvalue weighted by Crippen LogP contribution is 2.35. The molecule has 0 heterocycles. The molecule has 0 saturated carbocycles. The van der Waals surface area contributed by atoms with Gasteiger partial charge in [-0.05, 0) is 42.3 Å². The number of terminal acetylenes is 1. The van der Waals surface area contributed by atoms with Gasteiger partial charge < -0.3 is 14.2 Å². The lowest BCUT2D eigenvalue weighted by Gasteiger charge is -2.11. The lowest BCUT2D eigenvalue weighted by Crippen LogP contribution is -2.24. The Labute approximate surface area is 163 Å². The zero-order chi connectivity index (χ0) is 19.6. The monoisotopic (exact) mass is 386 g/mol. The fourth-order valence-corrected chi connectivity index (χ4v) is 2.41. The van der Waals surface area contributed by atoms with Crippen LogP contribution in [0.25, 0.3) is 0 Å². The van der Waals surface area contributed by atoms with E-state index in [9.17, 15) is 4.79 Å². The number of hydrogen-bond donors (Lipinski definition) is 1. The first-order valence-electron chi connectivity index (χ1n) is 7.98. The third-order valence-electron chi connectivity index (χ3n) is 3.31. The molecule has 27 heavy (non-hydrogen) atoms. The van der Waals surface area contributed by atoms with Gasteiger partial charge in [0, 0.05) is 0 Å². The van der Waals surface area contributed by atoms with E-state index in [4.69, 9.17) is 32.2 Å². The molecule has 0 bridgehead atoms. The zero-order valence-electron chi connectivity index (χ0n) is 15.0. The number of aryl methyl sites for hydroxylation is 1.